The van der Waals surface area contributed by atoms with Gasteiger partial charge in [0, 0.05) is 12.6 Å². The fourth-order valence-electron chi connectivity index (χ4n) is 3.49. The van der Waals surface area contributed by atoms with Crippen LogP contribution in [0.15, 0.2) is 0 Å². The lowest BCUT2D eigenvalue weighted by Gasteiger charge is -2.34. The molecule has 0 amide bonds. The van der Waals surface area contributed by atoms with E-state index in [0.717, 1.165) is 18.5 Å². The summed E-state index contributed by atoms with van der Waals surface area (Å²) in [7, 11) is 0. The molecule has 2 saturated heterocycles. The number of nitrogens with zero attached hydrogens (tertiary/aromatic N) is 1. The molecule has 3 fully saturated rings. The smallest absolute Gasteiger partial charge is 0.0710 e. The Hall–Kier alpha value is -0.120. The van der Waals surface area contributed by atoms with Crippen molar-refractivity contribution in [2.45, 2.75) is 70.1 Å². The largest absolute Gasteiger partial charge is 0.371 e. The number of nitrogens with one attached hydrogen (secondary N) is 1. The number of hydrogen-bond donors (Lipinski definition) is 1. The molecular formula is C16H30N2O. The summed E-state index contributed by atoms with van der Waals surface area (Å²) < 4.78 is 6.11. The van der Waals surface area contributed by atoms with Crippen LogP contribution >= 0.6 is 0 Å². The van der Waals surface area contributed by atoms with Crippen LogP contribution < -0.4 is 5.32 Å². The molecule has 19 heavy (non-hydrogen) atoms. The number of ether oxygens (including phenoxy) is 1. The van der Waals surface area contributed by atoms with Crippen LogP contribution in [0, 0.1) is 5.92 Å². The highest BCUT2D eigenvalue weighted by Gasteiger charge is 2.33. The molecule has 0 aromatic heterocycles. The van der Waals surface area contributed by atoms with E-state index in [1.807, 2.05) is 0 Å². The molecule has 3 aliphatic rings. The first-order valence-corrected chi connectivity index (χ1v) is 8.24. The molecule has 1 atom stereocenters. The predicted octanol–water partition coefficient (Wildman–Crippen LogP) is 2.41. The van der Waals surface area contributed by atoms with Gasteiger partial charge in [0.05, 0.1) is 11.7 Å². The predicted molar refractivity (Wildman–Crippen MR) is 78.4 cm³/mol. The van der Waals surface area contributed by atoms with Gasteiger partial charge in [0.15, 0.2) is 0 Å². The van der Waals surface area contributed by atoms with E-state index in [1.165, 1.54) is 58.2 Å². The third-order valence-corrected chi connectivity index (χ3v) is 5.00. The molecule has 3 heteroatoms. The molecule has 0 spiro atoms. The molecule has 1 saturated carbocycles. The molecule has 0 aromatic rings. The Morgan fingerprint density at radius 1 is 1.11 bits per heavy atom. The SMILES string of the molecule is CC1(C)CCC(CN2CCC(CNC3CC3)CC2)O1. The highest BCUT2D eigenvalue weighted by molar-refractivity contribution is 4.85. The lowest BCUT2D eigenvalue weighted by atomic mass is 9.96. The Morgan fingerprint density at radius 2 is 1.84 bits per heavy atom. The minimum absolute atomic E-state index is 0.122. The van der Waals surface area contributed by atoms with Crippen LogP contribution in [0.1, 0.15) is 52.4 Å². The molecule has 2 aliphatic heterocycles. The van der Waals surface area contributed by atoms with Crippen molar-refractivity contribution < 1.29 is 4.74 Å². The Kier molecular flexibility index (Phi) is 4.16. The molecule has 1 N–H and O–H groups in total. The number of hydrogen-bond acceptors (Lipinski definition) is 3. The van der Waals surface area contributed by atoms with Crippen molar-refractivity contribution in [1.29, 1.82) is 0 Å². The summed E-state index contributed by atoms with van der Waals surface area (Å²) in [5, 5.41) is 3.68. The lowest BCUT2D eigenvalue weighted by Crippen LogP contribution is -2.41. The summed E-state index contributed by atoms with van der Waals surface area (Å²) in [6.07, 6.45) is 8.51. The van der Waals surface area contributed by atoms with Crippen LogP contribution in [0.5, 0.6) is 0 Å². The van der Waals surface area contributed by atoms with Crippen molar-refractivity contribution in [1.82, 2.24) is 10.2 Å². The zero-order valence-corrected chi connectivity index (χ0v) is 12.7. The highest BCUT2D eigenvalue weighted by Crippen LogP contribution is 2.30. The van der Waals surface area contributed by atoms with Gasteiger partial charge in [-0.25, -0.2) is 0 Å². The molecular weight excluding hydrogens is 236 g/mol. The van der Waals surface area contributed by atoms with Crippen LogP contribution in [0.25, 0.3) is 0 Å². The molecule has 1 aliphatic carbocycles. The van der Waals surface area contributed by atoms with Gasteiger partial charge < -0.3 is 15.0 Å². The molecule has 1 unspecified atom stereocenters. The average Bonchev–Trinajstić information content (AvgIpc) is 3.14. The van der Waals surface area contributed by atoms with Gasteiger partial charge in [-0.1, -0.05) is 0 Å². The van der Waals surface area contributed by atoms with Crippen molar-refractivity contribution >= 4 is 0 Å². The minimum Gasteiger partial charge on any atom is -0.371 e. The maximum absolute atomic E-state index is 6.11. The zero-order chi connectivity index (χ0) is 13.3. The summed E-state index contributed by atoms with van der Waals surface area (Å²) in [4.78, 5) is 2.62. The fraction of sp³-hybridized carbons (Fsp3) is 1.00. The first-order valence-electron chi connectivity index (χ1n) is 8.24. The molecule has 110 valence electrons. The second kappa shape index (κ2) is 5.71. The van der Waals surface area contributed by atoms with E-state index in [2.05, 4.69) is 24.1 Å². The first-order chi connectivity index (χ1) is 9.11. The second-order valence-corrected chi connectivity index (χ2v) is 7.46. The Balaban J connectivity index is 1.33. The maximum atomic E-state index is 6.11. The van der Waals surface area contributed by atoms with E-state index in [1.54, 1.807) is 0 Å². The van der Waals surface area contributed by atoms with Crippen LogP contribution in [0.2, 0.25) is 0 Å². The number of rotatable bonds is 5. The van der Waals surface area contributed by atoms with Crippen molar-refractivity contribution in [2.24, 2.45) is 5.92 Å². The van der Waals surface area contributed by atoms with Gasteiger partial charge in [-0.05, 0) is 77.9 Å². The average molecular weight is 266 g/mol. The monoisotopic (exact) mass is 266 g/mol. The molecule has 0 bridgehead atoms. The van der Waals surface area contributed by atoms with Gasteiger partial charge in [0.25, 0.3) is 0 Å². The lowest BCUT2D eigenvalue weighted by molar-refractivity contribution is -0.0319. The van der Waals surface area contributed by atoms with E-state index in [0.29, 0.717) is 6.10 Å². The molecule has 3 nitrogen and oxygen atoms in total. The summed E-state index contributed by atoms with van der Waals surface area (Å²) in [6, 6.07) is 0.868. The van der Waals surface area contributed by atoms with Gasteiger partial charge in [0.2, 0.25) is 0 Å². The fourth-order valence-corrected chi connectivity index (χ4v) is 3.49. The molecule has 0 aromatic carbocycles. The Morgan fingerprint density at radius 3 is 2.42 bits per heavy atom. The quantitative estimate of drug-likeness (QED) is 0.827. The summed E-state index contributed by atoms with van der Waals surface area (Å²) in [5.74, 6) is 0.915. The first kappa shape index (κ1) is 13.8. The molecule has 0 radical (unpaired) electrons. The van der Waals surface area contributed by atoms with Crippen molar-refractivity contribution in [3.05, 3.63) is 0 Å². The van der Waals surface area contributed by atoms with Crippen LogP contribution in [0.4, 0.5) is 0 Å². The van der Waals surface area contributed by atoms with E-state index < -0.39 is 0 Å². The maximum Gasteiger partial charge on any atom is 0.0710 e. The number of likely N-dealkylation sites (tertiary alicyclic amines) is 1. The highest BCUT2D eigenvalue weighted by atomic mass is 16.5. The Labute approximate surface area is 118 Å². The molecule has 2 heterocycles. The van der Waals surface area contributed by atoms with Crippen LogP contribution in [0.3, 0.4) is 0 Å². The zero-order valence-electron chi connectivity index (χ0n) is 12.7. The van der Waals surface area contributed by atoms with Gasteiger partial charge in [0.1, 0.15) is 0 Å². The van der Waals surface area contributed by atoms with Crippen molar-refractivity contribution in [3.63, 3.8) is 0 Å². The van der Waals surface area contributed by atoms with Gasteiger partial charge in [-0.15, -0.1) is 0 Å². The standard InChI is InChI=1S/C16H30N2O/c1-16(2)8-5-15(19-16)12-18-9-6-13(7-10-18)11-17-14-3-4-14/h13-15,17H,3-12H2,1-2H3. The van der Waals surface area contributed by atoms with Crippen LogP contribution in [-0.2, 0) is 4.74 Å². The molecule has 3 rings (SSSR count). The second-order valence-electron chi connectivity index (χ2n) is 7.46. The third-order valence-electron chi connectivity index (χ3n) is 5.00. The van der Waals surface area contributed by atoms with Crippen molar-refractivity contribution in [2.75, 3.05) is 26.2 Å². The van der Waals surface area contributed by atoms with Crippen LogP contribution in [-0.4, -0.2) is 48.8 Å². The summed E-state index contributed by atoms with van der Waals surface area (Å²) >= 11 is 0. The van der Waals surface area contributed by atoms with Gasteiger partial charge >= 0.3 is 0 Å². The third kappa shape index (κ3) is 4.17. The summed E-state index contributed by atoms with van der Waals surface area (Å²) in [5.41, 5.74) is 0.122. The topological polar surface area (TPSA) is 24.5 Å². The summed E-state index contributed by atoms with van der Waals surface area (Å²) in [6.45, 7) is 9.41. The minimum atomic E-state index is 0.122. The van der Waals surface area contributed by atoms with E-state index in [9.17, 15) is 0 Å². The number of piperidine rings is 1. The normalized spacial score (nSPS) is 32.8. The van der Waals surface area contributed by atoms with Gasteiger partial charge in [-0.3, -0.25) is 0 Å². The van der Waals surface area contributed by atoms with Crippen molar-refractivity contribution in [3.8, 4) is 0 Å². The Bertz CT molecular complexity index is 293. The van der Waals surface area contributed by atoms with E-state index >= 15 is 0 Å². The van der Waals surface area contributed by atoms with E-state index in [-0.39, 0.29) is 5.60 Å². The van der Waals surface area contributed by atoms with Gasteiger partial charge in [-0.2, -0.15) is 0 Å². The van der Waals surface area contributed by atoms with E-state index in [4.69, 9.17) is 4.74 Å².